The molecule has 0 unspecified atom stereocenters. The molecule has 0 aliphatic carbocycles. The second-order valence-corrected chi connectivity index (χ2v) is 5.34. The summed E-state index contributed by atoms with van der Waals surface area (Å²) >= 11 is 1.69. The average molecular weight is 270 g/mol. The lowest BCUT2D eigenvalue weighted by molar-refractivity contribution is 0.850. The number of pyridine rings is 2. The fourth-order valence-corrected chi connectivity index (χ4v) is 2.77. The molecule has 0 saturated heterocycles. The normalized spacial score (nSPS) is 10.8. The second-order valence-electron chi connectivity index (χ2n) is 4.33. The Morgan fingerprint density at radius 3 is 2.95 bits per heavy atom. The van der Waals surface area contributed by atoms with E-state index in [9.17, 15) is 0 Å². The van der Waals surface area contributed by atoms with Gasteiger partial charge in [-0.3, -0.25) is 9.97 Å². The third-order valence-electron chi connectivity index (χ3n) is 2.93. The maximum Gasteiger partial charge on any atom is 0.186 e. The van der Waals surface area contributed by atoms with Crippen LogP contribution in [-0.4, -0.2) is 28.5 Å². The summed E-state index contributed by atoms with van der Waals surface area (Å²) in [6.45, 7) is 0.907. The standard InChI is InChI=1S/C14H14N4S/c1-18(9-6-11-4-2-3-7-16-11)14-17-12-10-15-8-5-13(12)19-14/h2-5,7-8,10H,6,9H2,1H3. The molecule has 0 aromatic carbocycles. The van der Waals surface area contributed by atoms with Gasteiger partial charge in [-0.2, -0.15) is 0 Å². The molecular formula is C14H14N4S. The molecule has 5 heteroatoms. The monoisotopic (exact) mass is 270 g/mol. The lowest BCUT2D eigenvalue weighted by Crippen LogP contribution is -2.20. The number of rotatable bonds is 4. The maximum atomic E-state index is 4.59. The van der Waals surface area contributed by atoms with Crippen LogP contribution in [-0.2, 0) is 6.42 Å². The largest absolute Gasteiger partial charge is 0.351 e. The fourth-order valence-electron chi connectivity index (χ4n) is 1.86. The zero-order chi connectivity index (χ0) is 13.1. The van der Waals surface area contributed by atoms with Crippen molar-refractivity contribution in [1.29, 1.82) is 0 Å². The Hall–Kier alpha value is -2.01. The Labute approximate surface area is 115 Å². The van der Waals surface area contributed by atoms with E-state index < -0.39 is 0 Å². The molecule has 3 heterocycles. The molecule has 0 aliphatic rings. The van der Waals surface area contributed by atoms with Gasteiger partial charge in [-0.1, -0.05) is 17.4 Å². The summed E-state index contributed by atoms with van der Waals surface area (Å²) in [6.07, 6.45) is 6.37. The minimum absolute atomic E-state index is 0.907. The molecule has 0 N–H and O–H groups in total. The van der Waals surface area contributed by atoms with Gasteiger partial charge < -0.3 is 4.90 Å². The summed E-state index contributed by atoms with van der Waals surface area (Å²) in [5.74, 6) is 0. The molecular weight excluding hydrogens is 256 g/mol. The minimum Gasteiger partial charge on any atom is -0.351 e. The summed E-state index contributed by atoms with van der Waals surface area (Å²) in [7, 11) is 2.06. The van der Waals surface area contributed by atoms with Crippen LogP contribution in [0.15, 0.2) is 42.9 Å². The third kappa shape index (κ3) is 2.71. The van der Waals surface area contributed by atoms with E-state index in [1.807, 2.05) is 30.6 Å². The number of aromatic nitrogens is 3. The molecule has 0 fully saturated rings. The van der Waals surface area contributed by atoms with Gasteiger partial charge in [0.25, 0.3) is 0 Å². The highest BCUT2D eigenvalue weighted by molar-refractivity contribution is 7.22. The number of fused-ring (bicyclic) bond motifs is 1. The molecule has 0 bridgehead atoms. The molecule has 0 amide bonds. The highest BCUT2D eigenvalue weighted by Gasteiger charge is 2.08. The van der Waals surface area contributed by atoms with Gasteiger partial charge in [-0.15, -0.1) is 0 Å². The first-order chi connectivity index (χ1) is 9.33. The average Bonchev–Trinajstić information content (AvgIpc) is 2.90. The molecule has 3 aromatic rings. The van der Waals surface area contributed by atoms with Crippen LogP contribution < -0.4 is 4.90 Å². The summed E-state index contributed by atoms with van der Waals surface area (Å²) in [5, 5.41) is 1.03. The van der Waals surface area contributed by atoms with E-state index in [0.29, 0.717) is 0 Å². The lowest BCUT2D eigenvalue weighted by atomic mass is 10.2. The number of likely N-dealkylation sites (N-methyl/N-ethyl adjacent to an activating group) is 1. The van der Waals surface area contributed by atoms with Crippen molar-refractivity contribution in [3.63, 3.8) is 0 Å². The highest BCUT2D eigenvalue weighted by atomic mass is 32.1. The van der Waals surface area contributed by atoms with E-state index in [-0.39, 0.29) is 0 Å². The summed E-state index contributed by atoms with van der Waals surface area (Å²) < 4.78 is 1.18. The molecule has 0 aliphatic heterocycles. The van der Waals surface area contributed by atoms with Gasteiger partial charge in [-0.05, 0) is 18.2 Å². The van der Waals surface area contributed by atoms with Crippen LogP contribution in [0, 0.1) is 0 Å². The Bertz CT molecular complexity index is 632. The topological polar surface area (TPSA) is 41.9 Å². The van der Waals surface area contributed by atoms with Crippen LogP contribution in [0.25, 0.3) is 10.2 Å². The molecule has 0 radical (unpaired) electrons. The smallest absolute Gasteiger partial charge is 0.186 e. The number of thiazole rings is 1. The zero-order valence-electron chi connectivity index (χ0n) is 10.7. The van der Waals surface area contributed by atoms with E-state index in [2.05, 4.69) is 33.0 Å². The fraction of sp³-hybridized carbons (Fsp3) is 0.214. The zero-order valence-corrected chi connectivity index (χ0v) is 11.5. The predicted octanol–water partition coefficient (Wildman–Crippen LogP) is 2.77. The van der Waals surface area contributed by atoms with E-state index in [1.165, 1.54) is 4.70 Å². The lowest BCUT2D eigenvalue weighted by Gasteiger charge is -2.14. The maximum absolute atomic E-state index is 4.59. The molecule has 3 rings (SSSR count). The Morgan fingerprint density at radius 2 is 2.16 bits per heavy atom. The number of anilines is 1. The number of hydrogen-bond donors (Lipinski definition) is 0. The molecule has 19 heavy (non-hydrogen) atoms. The third-order valence-corrected chi connectivity index (χ3v) is 4.09. The second kappa shape index (κ2) is 5.32. The summed E-state index contributed by atoms with van der Waals surface area (Å²) in [5.41, 5.74) is 2.07. The molecule has 0 spiro atoms. The van der Waals surface area contributed by atoms with Crippen molar-refractivity contribution >= 4 is 26.7 Å². The van der Waals surface area contributed by atoms with E-state index in [4.69, 9.17) is 0 Å². The summed E-state index contributed by atoms with van der Waals surface area (Å²) in [4.78, 5) is 15.2. The van der Waals surface area contributed by atoms with Crippen molar-refractivity contribution in [2.75, 3.05) is 18.5 Å². The number of hydrogen-bond acceptors (Lipinski definition) is 5. The molecule has 4 nitrogen and oxygen atoms in total. The molecule has 0 atom stereocenters. The Balaban J connectivity index is 1.71. The molecule has 0 saturated carbocycles. The quantitative estimate of drug-likeness (QED) is 0.731. The Kier molecular flexibility index (Phi) is 3.37. The van der Waals surface area contributed by atoms with Gasteiger partial charge in [-0.25, -0.2) is 4.98 Å². The van der Waals surface area contributed by atoms with Crippen LogP contribution in [0.1, 0.15) is 5.69 Å². The van der Waals surface area contributed by atoms with Crippen molar-refractivity contribution in [2.24, 2.45) is 0 Å². The van der Waals surface area contributed by atoms with Gasteiger partial charge in [0.2, 0.25) is 0 Å². The van der Waals surface area contributed by atoms with E-state index in [1.54, 1.807) is 17.5 Å². The van der Waals surface area contributed by atoms with Gasteiger partial charge in [0.15, 0.2) is 5.13 Å². The van der Waals surface area contributed by atoms with E-state index >= 15 is 0 Å². The van der Waals surface area contributed by atoms with Gasteiger partial charge in [0.1, 0.15) is 5.52 Å². The molecule has 3 aromatic heterocycles. The van der Waals surface area contributed by atoms with Gasteiger partial charge in [0, 0.05) is 38.1 Å². The molecule has 96 valence electrons. The van der Waals surface area contributed by atoms with Crippen molar-refractivity contribution in [3.8, 4) is 0 Å². The van der Waals surface area contributed by atoms with Crippen molar-refractivity contribution in [3.05, 3.63) is 48.5 Å². The van der Waals surface area contributed by atoms with Crippen LogP contribution in [0.2, 0.25) is 0 Å². The minimum atomic E-state index is 0.907. The van der Waals surface area contributed by atoms with Crippen molar-refractivity contribution in [1.82, 2.24) is 15.0 Å². The Morgan fingerprint density at radius 1 is 1.21 bits per heavy atom. The van der Waals surface area contributed by atoms with Crippen molar-refractivity contribution in [2.45, 2.75) is 6.42 Å². The summed E-state index contributed by atoms with van der Waals surface area (Å²) in [6, 6.07) is 8.01. The van der Waals surface area contributed by atoms with Crippen molar-refractivity contribution < 1.29 is 0 Å². The SMILES string of the molecule is CN(CCc1ccccn1)c1nc2cnccc2s1. The van der Waals surface area contributed by atoms with Crippen LogP contribution in [0.4, 0.5) is 5.13 Å². The first kappa shape index (κ1) is 12.0. The first-order valence-corrected chi connectivity index (χ1v) is 6.96. The number of nitrogens with zero attached hydrogens (tertiary/aromatic N) is 4. The van der Waals surface area contributed by atoms with Gasteiger partial charge >= 0.3 is 0 Å². The van der Waals surface area contributed by atoms with Crippen LogP contribution in [0.3, 0.4) is 0 Å². The van der Waals surface area contributed by atoms with Crippen LogP contribution >= 0.6 is 11.3 Å². The van der Waals surface area contributed by atoms with Gasteiger partial charge in [0.05, 0.1) is 10.9 Å². The van der Waals surface area contributed by atoms with E-state index in [0.717, 1.165) is 29.3 Å². The first-order valence-electron chi connectivity index (χ1n) is 6.14. The highest BCUT2D eigenvalue weighted by Crippen LogP contribution is 2.27. The van der Waals surface area contributed by atoms with Crippen LogP contribution in [0.5, 0.6) is 0 Å². The predicted molar refractivity (Wildman–Crippen MR) is 78.6 cm³/mol.